The lowest BCUT2D eigenvalue weighted by molar-refractivity contribution is -0.118. The highest BCUT2D eigenvalue weighted by molar-refractivity contribution is 6.07. The Kier molecular flexibility index (Phi) is 3.35. The summed E-state index contributed by atoms with van der Waals surface area (Å²) >= 11 is 0. The number of nitrogens with one attached hydrogen (secondary N) is 1. The Morgan fingerprint density at radius 2 is 2.00 bits per heavy atom. The number of pyridine rings is 1. The van der Waals surface area contributed by atoms with Crippen molar-refractivity contribution in [3.63, 3.8) is 0 Å². The highest BCUT2D eigenvalue weighted by Crippen LogP contribution is 2.43. The van der Waals surface area contributed by atoms with Crippen LogP contribution in [0, 0.1) is 5.82 Å². The molecule has 1 aromatic carbocycles. The number of amides is 1. The van der Waals surface area contributed by atoms with Crippen molar-refractivity contribution < 1.29 is 19.1 Å². The Morgan fingerprint density at radius 3 is 2.70 bits per heavy atom. The number of halogens is 1. The molecule has 2 N–H and O–H groups in total. The molecular formula is C19H18FN3O4. The molecule has 1 unspecified atom stereocenters. The molecule has 1 amide bonds. The number of carbonyl (C=O) groups is 2. The summed E-state index contributed by atoms with van der Waals surface area (Å²) in [7, 11) is 0. The molecule has 0 radical (unpaired) electrons. The number of aromatic nitrogens is 1. The molecule has 0 spiro atoms. The van der Waals surface area contributed by atoms with E-state index in [0.29, 0.717) is 18.7 Å². The smallest absolute Gasteiger partial charge is 0.341 e. The lowest BCUT2D eigenvalue weighted by Crippen LogP contribution is -2.51. The molecule has 1 aliphatic carbocycles. The molecule has 1 saturated heterocycles. The summed E-state index contributed by atoms with van der Waals surface area (Å²) in [5, 5.41) is 12.1. The zero-order chi connectivity index (χ0) is 18.9. The van der Waals surface area contributed by atoms with Crippen molar-refractivity contribution in [3.8, 4) is 0 Å². The second-order valence-electron chi connectivity index (χ2n) is 7.49. The predicted octanol–water partition coefficient (Wildman–Crippen LogP) is 2.48. The van der Waals surface area contributed by atoms with Crippen LogP contribution in [-0.4, -0.2) is 34.1 Å². The fraction of sp³-hybridized carbons (Fsp3) is 0.421. The van der Waals surface area contributed by atoms with Gasteiger partial charge in [-0.05, 0) is 38.2 Å². The molecule has 8 heteroatoms. The number of carboxylic acids is 1. The van der Waals surface area contributed by atoms with Gasteiger partial charge in [0, 0.05) is 18.8 Å². The number of hydrogen-bond acceptors (Lipinski definition) is 4. The second kappa shape index (κ2) is 5.55. The van der Waals surface area contributed by atoms with Crippen molar-refractivity contribution >= 4 is 34.2 Å². The lowest BCUT2D eigenvalue weighted by Gasteiger charge is -2.41. The van der Waals surface area contributed by atoms with Gasteiger partial charge in [-0.25, -0.2) is 9.18 Å². The average molecular weight is 371 g/mol. The number of fused-ring (bicyclic) bond motifs is 4. The summed E-state index contributed by atoms with van der Waals surface area (Å²) < 4.78 is 17.3. The first-order valence-corrected chi connectivity index (χ1v) is 9.19. The van der Waals surface area contributed by atoms with Crippen molar-refractivity contribution in [1.82, 2.24) is 4.57 Å². The highest BCUT2D eigenvalue weighted by Gasteiger charge is 2.38. The molecule has 1 atom stereocenters. The molecule has 1 aromatic heterocycles. The fourth-order valence-corrected chi connectivity index (χ4v) is 4.32. The molecule has 3 heterocycles. The zero-order valence-electron chi connectivity index (χ0n) is 14.5. The second-order valence-corrected chi connectivity index (χ2v) is 7.49. The largest absolute Gasteiger partial charge is 0.477 e. The maximum atomic E-state index is 15.7. The quantitative estimate of drug-likeness (QED) is 0.846. The number of nitrogens with zero attached hydrogens (tertiary/aromatic N) is 2. The Balaban J connectivity index is 1.85. The van der Waals surface area contributed by atoms with Crippen LogP contribution in [0.1, 0.15) is 48.5 Å². The standard InChI is InChI=1S/C19H18FN3O4/c20-14-15-10(17(24)11(19(26)27)8-23(15)9-4-5-9)7-12-16(14)22-6-2-1-3-13(22)18(25)21-12/h7-9,13H,1-6H2,(H,21,25)(H,26,27). The normalized spacial score (nSPS) is 21.6. The van der Waals surface area contributed by atoms with Crippen molar-refractivity contribution in [2.75, 3.05) is 16.8 Å². The first-order chi connectivity index (χ1) is 13.0. The number of hydrogen-bond donors (Lipinski definition) is 2. The summed E-state index contributed by atoms with van der Waals surface area (Å²) in [4.78, 5) is 38.4. The van der Waals surface area contributed by atoms with Crippen LogP contribution in [0.15, 0.2) is 17.1 Å². The zero-order valence-corrected chi connectivity index (χ0v) is 14.5. The monoisotopic (exact) mass is 371 g/mol. The van der Waals surface area contributed by atoms with Crippen molar-refractivity contribution in [3.05, 3.63) is 33.9 Å². The molecule has 3 aliphatic rings. The Bertz CT molecular complexity index is 1070. The van der Waals surface area contributed by atoms with Gasteiger partial charge in [0.1, 0.15) is 11.6 Å². The van der Waals surface area contributed by atoms with Crippen LogP contribution in [0.4, 0.5) is 15.8 Å². The molecule has 7 nitrogen and oxygen atoms in total. The van der Waals surface area contributed by atoms with Gasteiger partial charge in [0.25, 0.3) is 0 Å². The van der Waals surface area contributed by atoms with E-state index in [2.05, 4.69) is 5.32 Å². The van der Waals surface area contributed by atoms with Gasteiger partial charge in [-0.15, -0.1) is 0 Å². The highest BCUT2D eigenvalue weighted by atomic mass is 19.1. The van der Waals surface area contributed by atoms with E-state index >= 15 is 4.39 Å². The summed E-state index contributed by atoms with van der Waals surface area (Å²) in [6, 6.07) is 1.02. The number of piperidine rings is 1. The van der Waals surface area contributed by atoms with E-state index in [1.54, 1.807) is 9.47 Å². The van der Waals surface area contributed by atoms with E-state index in [4.69, 9.17) is 0 Å². The molecule has 2 aromatic rings. The van der Waals surface area contributed by atoms with E-state index in [-0.39, 0.29) is 34.1 Å². The molecule has 0 bridgehead atoms. The maximum absolute atomic E-state index is 15.7. The van der Waals surface area contributed by atoms with E-state index in [9.17, 15) is 19.5 Å². The van der Waals surface area contributed by atoms with Crippen LogP contribution in [-0.2, 0) is 4.79 Å². The molecule has 2 aliphatic heterocycles. The van der Waals surface area contributed by atoms with Gasteiger partial charge in [0.2, 0.25) is 11.3 Å². The minimum Gasteiger partial charge on any atom is -0.477 e. The van der Waals surface area contributed by atoms with Crippen LogP contribution in [0.3, 0.4) is 0 Å². The van der Waals surface area contributed by atoms with Gasteiger partial charge in [-0.1, -0.05) is 0 Å². The third-order valence-corrected chi connectivity index (χ3v) is 5.75. The van der Waals surface area contributed by atoms with Crippen LogP contribution < -0.4 is 15.6 Å². The first-order valence-electron chi connectivity index (χ1n) is 9.19. The van der Waals surface area contributed by atoms with Crippen molar-refractivity contribution in [1.29, 1.82) is 0 Å². The van der Waals surface area contributed by atoms with E-state index in [1.165, 1.54) is 12.3 Å². The van der Waals surface area contributed by atoms with Crippen LogP contribution in [0.5, 0.6) is 0 Å². The summed E-state index contributed by atoms with van der Waals surface area (Å²) in [6.07, 6.45) is 5.33. The number of rotatable bonds is 2. The van der Waals surface area contributed by atoms with E-state index in [0.717, 1.165) is 25.7 Å². The minimum absolute atomic E-state index is 0.00548. The minimum atomic E-state index is -1.34. The molecule has 5 rings (SSSR count). The topological polar surface area (TPSA) is 91.6 Å². The number of benzene rings is 1. The first kappa shape index (κ1) is 16.3. The van der Waals surface area contributed by atoms with Gasteiger partial charge in [-0.2, -0.15) is 0 Å². The average Bonchev–Trinajstić information content (AvgIpc) is 3.47. The summed E-state index contributed by atoms with van der Waals surface area (Å²) in [6.45, 7) is 0.578. The van der Waals surface area contributed by atoms with Crippen LogP contribution in [0.25, 0.3) is 10.9 Å². The summed E-state index contributed by atoms with van der Waals surface area (Å²) in [5.41, 5.74) is -0.432. The summed E-state index contributed by atoms with van der Waals surface area (Å²) in [5.74, 6) is -2.11. The third kappa shape index (κ3) is 2.28. The molecular weight excluding hydrogens is 353 g/mol. The number of anilines is 2. The molecule has 27 heavy (non-hydrogen) atoms. The maximum Gasteiger partial charge on any atom is 0.341 e. The number of aromatic carboxylic acids is 1. The molecule has 1 saturated carbocycles. The molecule has 2 fully saturated rings. The predicted molar refractivity (Wildman–Crippen MR) is 97.0 cm³/mol. The fourth-order valence-electron chi connectivity index (χ4n) is 4.32. The van der Waals surface area contributed by atoms with Gasteiger partial charge >= 0.3 is 5.97 Å². The molecule has 140 valence electrons. The Labute approximate surface area is 153 Å². The number of carbonyl (C=O) groups excluding carboxylic acids is 1. The third-order valence-electron chi connectivity index (χ3n) is 5.75. The number of carboxylic acid groups (broad SMARTS) is 1. The lowest BCUT2D eigenvalue weighted by atomic mass is 9.96. The van der Waals surface area contributed by atoms with E-state index in [1.807, 2.05) is 0 Å². The van der Waals surface area contributed by atoms with Crippen molar-refractivity contribution in [2.45, 2.75) is 44.2 Å². The van der Waals surface area contributed by atoms with Gasteiger partial charge < -0.3 is 19.9 Å². The Hall–Kier alpha value is -2.90. The van der Waals surface area contributed by atoms with Crippen molar-refractivity contribution in [2.24, 2.45) is 0 Å². The SMILES string of the molecule is O=C(O)c1cn(C2CC2)c2c(F)c3c(cc2c1=O)NC(=O)C1CCCCN31. The van der Waals surface area contributed by atoms with Gasteiger partial charge in [-0.3, -0.25) is 9.59 Å². The Morgan fingerprint density at radius 1 is 1.22 bits per heavy atom. The van der Waals surface area contributed by atoms with Gasteiger partial charge in [0.05, 0.1) is 22.3 Å². The van der Waals surface area contributed by atoms with E-state index < -0.39 is 23.3 Å². The van der Waals surface area contributed by atoms with Gasteiger partial charge in [0.15, 0.2) is 5.82 Å². The van der Waals surface area contributed by atoms with Crippen LogP contribution >= 0.6 is 0 Å². The van der Waals surface area contributed by atoms with Crippen LogP contribution in [0.2, 0.25) is 0 Å².